The molecule has 1 aliphatic rings. The summed E-state index contributed by atoms with van der Waals surface area (Å²) in [5, 5.41) is 3.58. The maximum absolute atomic E-state index is 12.7. The van der Waals surface area contributed by atoms with E-state index in [1.54, 1.807) is 31.3 Å². The molecule has 2 atom stereocenters. The second kappa shape index (κ2) is 6.62. The van der Waals surface area contributed by atoms with Crippen molar-refractivity contribution in [2.24, 2.45) is 0 Å². The molecule has 9 nitrogen and oxygen atoms in total. The Balaban J connectivity index is 1.46. The van der Waals surface area contributed by atoms with E-state index in [9.17, 15) is 8.42 Å². The van der Waals surface area contributed by atoms with E-state index in [1.807, 2.05) is 0 Å². The van der Waals surface area contributed by atoms with E-state index in [0.717, 1.165) is 0 Å². The smallest absolute Gasteiger partial charge is 0.259 e. The third-order valence-electron chi connectivity index (χ3n) is 4.13. The number of hydrogen-bond donors (Lipinski definition) is 1. The zero-order valence-electron chi connectivity index (χ0n) is 13.8. The van der Waals surface area contributed by atoms with Crippen molar-refractivity contribution in [2.75, 3.05) is 6.54 Å². The van der Waals surface area contributed by atoms with Gasteiger partial charge in [0.15, 0.2) is 16.0 Å². The van der Waals surface area contributed by atoms with Gasteiger partial charge in [0.25, 0.3) is 15.9 Å². The van der Waals surface area contributed by atoms with Crippen LogP contribution in [0.3, 0.4) is 0 Å². The highest BCUT2D eigenvalue weighted by atomic mass is 35.5. The van der Waals surface area contributed by atoms with Crippen LogP contribution in [0.5, 0.6) is 0 Å². The predicted molar refractivity (Wildman–Crippen MR) is 91.3 cm³/mol. The number of sulfonamides is 1. The lowest BCUT2D eigenvalue weighted by Crippen LogP contribution is -2.32. The van der Waals surface area contributed by atoms with E-state index in [2.05, 4.69) is 19.8 Å². The Hall–Kier alpha value is -2.01. The van der Waals surface area contributed by atoms with Crippen molar-refractivity contribution in [3.05, 3.63) is 41.3 Å². The molecule has 0 aromatic carbocycles. The van der Waals surface area contributed by atoms with Crippen molar-refractivity contribution < 1.29 is 17.7 Å². The first-order valence-electron chi connectivity index (χ1n) is 8.02. The van der Waals surface area contributed by atoms with E-state index in [-0.39, 0.29) is 28.9 Å². The van der Waals surface area contributed by atoms with Gasteiger partial charge in [0, 0.05) is 12.7 Å². The monoisotopic (exact) mass is 397 g/mol. The molecule has 1 N–H and O–H groups in total. The average Bonchev–Trinajstić information content (AvgIpc) is 3.30. The van der Waals surface area contributed by atoms with Gasteiger partial charge in [0.2, 0.25) is 0 Å². The number of nitrogens with one attached hydrogen (secondary N) is 1. The van der Waals surface area contributed by atoms with Crippen LogP contribution in [0.1, 0.15) is 30.7 Å². The van der Waals surface area contributed by atoms with Crippen molar-refractivity contribution in [3.8, 4) is 0 Å². The number of nitrogens with zero attached hydrogens (tertiary/aromatic N) is 4. The molecule has 26 heavy (non-hydrogen) atoms. The number of halogens is 1. The third kappa shape index (κ3) is 3.20. The Morgan fingerprint density at radius 1 is 1.35 bits per heavy atom. The standard InChI is InChI=1S/C15H16ClN5O4S/c1-9-18-14(25-20-9)11-6-5-10(24-11)8-17-26(22,23)15-13(16)19-12-4-2-3-7-21(12)15/h2-4,7,10-11,17H,5-6,8H2,1H3/t10-,11+/m1/s1. The molecular formula is C15H16ClN5O4S. The van der Waals surface area contributed by atoms with E-state index < -0.39 is 10.0 Å². The minimum atomic E-state index is -3.85. The number of fused-ring (bicyclic) bond motifs is 1. The van der Waals surface area contributed by atoms with Crippen LogP contribution in [0.4, 0.5) is 0 Å². The lowest BCUT2D eigenvalue weighted by Gasteiger charge is -2.13. The molecule has 0 aliphatic carbocycles. The van der Waals surface area contributed by atoms with Gasteiger partial charge in [-0.15, -0.1) is 0 Å². The molecule has 11 heteroatoms. The zero-order chi connectivity index (χ0) is 18.3. The summed E-state index contributed by atoms with van der Waals surface area (Å²) in [6.45, 7) is 1.84. The minimum absolute atomic E-state index is 0.0738. The fourth-order valence-electron chi connectivity index (χ4n) is 2.94. The summed E-state index contributed by atoms with van der Waals surface area (Å²) in [5.74, 6) is 0.952. The quantitative estimate of drug-likeness (QED) is 0.699. The number of aromatic nitrogens is 4. The zero-order valence-corrected chi connectivity index (χ0v) is 15.4. The number of aryl methyl sites for hydroxylation is 1. The summed E-state index contributed by atoms with van der Waals surface area (Å²) in [6, 6.07) is 5.15. The van der Waals surface area contributed by atoms with E-state index in [4.69, 9.17) is 20.9 Å². The van der Waals surface area contributed by atoms with Crippen LogP contribution in [-0.4, -0.2) is 40.6 Å². The molecule has 0 spiro atoms. The molecule has 1 fully saturated rings. The molecular weight excluding hydrogens is 382 g/mol. The van der Waals surface area contributed by atoms with Gasteiger partial charge < -0.3 is 9.26 Å². The van der Waals surface area contributed by atoms with E-state index >= 15 is 0 Å². The summed E-state index contributed by atoms with van der Waals surface area (Å²) >= 11 is 6.04. The van der Waals surface area contributed by atoms with Crippen LogP contribution in [0.25, 0.3) is 5.65 Å². The topological polar surface area (TPSA) is 112 Å². The number of hydrogen-bond acceptors (Lipinski definition) is 7. The molecule has 3 aromatic heterocycles. The average molecular weight is 398 g/mol. The number of ether oxygens (including phenoxy) is 1. The van der Waals surface area contributed by atoms with Crippen LogP contribution < -0.4 is 4.72 Å². The van der Waals surface area contributed by atoms with Gasteiger partial charge in [-0.25, -0.2) is 18.1 Å². The van der Waals surface area contributed by atoms with Crippen LogP contribution in [0, 0.1) is 6.92 Å². The summed E-state index contributed by atoms with van der Waals surface area (Å²) in [6.07, 6.45) is 2.35. The van der Waals surface area contributed by atoms with Gasteiger partial charge in [-0.2, -0.15) is 4.98 Å². The molecule has 0 bridgehead atoms. The second-order valence-electron chi connectivity index (χ2n) is 5.99. The van der Waals surface area contributed by atoms with Crippen molar-refractivity contribution in [1.29, 1.82) is 0 Å². The molecule has 0 amide bonds. The first-order chi connectivity index (χ1) is 12.4. The Morgan fingerprint density at radius 3 is 2.96 bits per heavy atom. The largest absolute Gasteiger partial charge is 0.364 e. The molecule has 3 aromatic rings. The van der Waals surface area contributed by atoms with Crippen molar-refractivity contribution >= 4 is 27.3 Å². The highest BCUT2D eigenvalue weighted by molar-refractivity contribution is 7.89. The van der Waals surface area contributed by atoms with E-state index in [0.29, 0.717) is 30.2 Å². The number of rotatable bonds is 5. The molecule has 1 aliphatic heterocycles. The fourth-order valence-corrected chi connectivity index (χ4v) is 4.64. The highest BCUT2D eigenvalue weighted by Gasteiger charge is 2.32. The number of pyridine rings is 1. The molecule has 0 radical (unpaired) electrons. The lowest BCUT2D eigenvalue weighted by molar-refractivity contribution is 0.0290. The molecule has 1 saturated heterocycles. The normalized spacial score (nSPS) is 20.8. The summed E-state index contributed by atoms with van der Waals surface area (Å²) in [5.41, 5.74) is 0.460. The Morgan fingerprint density at radius 2 is 2.19 bits per heavy atom. The van der Waals surface area contributed by atoms with Crippen molar-refractivity contribution in [2.45, 2.75) is 37.0 Å². The van der Waals surface area contributed by atoms with Crippen molar-refractivity contribution in [1.82, 2.24) is 24.2 Å². The maximum Gasteiger partial charge on any atom is 0.259 e. The maximum atomic E-state index is 12.7. The first-order valence-corrected chi connectivity index (χ1v) is 9.88. The van der Waals surface area contributed by atoms with Gasteiger partial charge >= 0.3 is 0 Å². The van der Waals surface area contributed by atoms with Gasteiger partial charge in [0.1, 0.15) is 11.8 Å². The highest BCUT2D eigenvalue weighted by Crippen LogP contribution is 2.31. The molecule has 4 heterocycles. The Labute approximate surface area is 154 Å². The van der Waals surface area contributed by atoms with Gasteiger partial charge in [-0.3, -0.25) is 4.40 Å². The summed E-state index contributed by atoms with van der Waals surface area (Å²) in [4.78, 5) is 8.22. The van der Waals surface area contributed by atoms with Gasteiger partial charge in [-0.05, 0) is 31.9 Å². The van der Waals surface area contributed by atoms with Crippen molar-refractivity contribution in [3.63, 3.8) is 0 Å². The molecule has 138 valence electrons. The number of imidazole rings is 1. The SMILES string of the molecule is Cc1noc([C@@H]2CC[C@H](CNS(=O)(=O)c3c(Cl)nc4ccccn34)O2)n1. The first kappa shape index (κ1) is 17.4. The van der Waals surface area contributed by atoms with E-state index in [1.165, 1.54) is 4.40 Å². The lowest BCUT2D eigenvalue weighted by atomic mass is 10.2. The molecule has 4 rings (SSSR count). The second-order valence-corrected chi connectivity index (χ2v) is 8.03. The fraction of sp³-hybridized carbons (Fsp3) is 0.400. The van der Waals surface area contributed by atoms with Crippen LogP contribution in [0.15, 0.2) is 33.9 Å². The molecule has 0 saturated carbocycles. The van der Waals surface area contributed by atoms with Gasteiger partial charge in [0.05, 0.1) is 6.10 Å². The summed E-state index contributed by atoms with van der Waals surface area (Å²) in [7, 11) is -3.85. The van der Waals surface area contributed by atoms with Gasteiger partial charge in [-0.1, -0.05) is 22.8 Å². The Bertz CT molecular complexity index is 1050. The third-order valence-corrected chi connectivity index (χ3v) is 5.95. The predicted octanol–water partition coefficient (Wildman–Crippen LogP) is 1.88. The molecule has 0 unspecified atom stereocenters. The van der Waals surface area contributed by atoms with Crippen LogP contribution >= 0.6 is 11.6 Å². The minimum Gasteiger partial charge on any atom is -0.364 e. The summed E-state index contributed by atoms with van der Waals surface area (Å²) < 4.78 is 40.3. The van der Waals surface area contributed by atoms with Crippen LogP contribution in [0.2, 0.25) is 5.15 Å². The Kier molecular flexibility index (Phi) is 4.43. The van der Waals surface area contributed by atoms with Crippen LogP contribution in [-0.2, 0) is 14.8 Å².